The Morgan fingerprint density at radius 1 is 1.20 bits per heavy atom. The van der Waals surface area contributed by atoms with E-state index in [0.29, 0.717) is 12.2 Å². The van der Waals surface area contributed by atoms with Crippen molar-refractivity contribution in [3.05, 3.63) is 63.9 Å². The zero-order chi connectivity index (χ0) is 18.0. The summed E-state index contributed by atoms with van der Waals surface area (Å²) in [6.07, 6.45) is 0. The highest BCUT2D eigenvalue weighted by Gasteiger charge is 2.23. The van der Waals surface area contributed by atoms with Gasteiger partial charge in [-0.2, -0.15) is 0 Å². The van der Waals surface area contributed by atoms with E-state index in [0.717, 1.165) is 34.4 Å². The fourth-order valence-electron chi connectivity index (χ4n) is 3.20. The van der Waals surface area contributed by atoms with Crippen molar-refractivity contribution >= 4 is 32.9 Å². The molecule has 3 rings (SSSR count). The minimum atomic E-state index is -0.279. The predicted octanol–water partition coefficient (Wildman–Crippen LogP) is 4.24. The van der Waals surface area contributed by atoms with Gasteiger partial charge in [0.2, 0.25) is 0 Å². The lowest BCUT2D eigenvalue weighted by Crippen LogP contribution is -2.35. The van der Waals surface area contributed by atoms with E-state index < -0.39 is 0 Å². The smallest absolute Gasteiger partial charge is 0.338 e. The number of aromatic nitrogens is 2. The fraction of sp³-hybridized carbons (Fsp3) is 0.300. The number of benzene rings is 2. The number of rotatable bonds is 5. The van der Waals surface area contributed by atoms with Crippen LogP contribution in [-0.4, -0.2) is 17.1 Å². The molecule has 0 aliphatic heterocycles. The third-order valence-electron chi connectivity index (χ3n) is 4.45. The second-order valence-electron chi connectivity index (χ2n) is 5.89. The van der Waals surface area contributed by atoms with Crippen molar-refractivity contribution in [3.63, 3.8) is 0 Å². The Morgan fingerprint density at radius 3 is 2.64 bits per heavy atom. The van der Waals surface area contributed by atoms with Crippen molar-refractivity contribution in [1.29, 1.82) is 0 Å². The molecule has 5 heteroatoms. The molecule has 0 spiro atoms. The van der Waals surface area contributed by atoms with Crippen molar-refractivity contribution in [2.75, 3.05) is 6.61 Å². The molecule has 0 saturated carbocycles. The van der Waals surface area contributed by atoms with Gasteiger partial charge in [0.15, 0.2) is 11.0 Å². The molecule has 2 aromatic carbocycles. The average Bonchev–Trinajstić information content (AvgIpc) is 2.87. The van der Waals surface area contributed by atoms with Gasteiger partial charge in [0.05, 0.1) is 18.7 Å². The standard InChI is InChI=1S/C20H22BrN2O2/c1-4-22-14(3)23(13-16-8-6-7-9-17(16)21)19-12-15(10-11-18(19)22)20(24)25-5-2/h6-12H,4-5,13H2,1-3H3/q+1. The molecule has 0 N–H and O–H groups in total. The summed E-state index contributed by atoms with van der Waals surface area (Å²) in [4.78, 5) is 12.1. The Balaban J connectivity index is 2.15. The molecule has 0 amide bonds. The molecule has 4 nitrogen and oxygen atoms in total. The quantitative estimate of drug-likeness (QED) is 0.473. The Labute approximate surface area is 156 Å². The highest BCUT2D eigenvalue weighted by atomic mass is 79.9. The van der Waals surface area contributed by atoms with Gasteiger partial charge < -0.3 is 4.74 Å². The SMILES string of the molecule is CCOC(=O)c1ccc2c(c1)n(Cc1ccccc1Br)c(C)[n+]2CC. The molecule has 0 saturated heterocycles. The van der Waals surface area contributed by atoms with Crippen molar-refractivity contribution < 1.29 is 14.1 Å². The zero-order valence-corrected chi connectivity index (χ0v) is 16.3. The van der Waals surface area contributed by atoms with Crippen LogP contribution in [0.5, 0.6) is 0 Å². The summed E-state index contributed by atoms with van der Waals surface area (Å²) in [5.74, 6) is 0.882. The lowest BCUT2D eigenvalue weighted by molar-refractivity contribution is -0.674. The van der Waals surface area contributed by atoms with Gasteiger partial charge in [0.25, 0.3) is 5.82 Å². The van der Waals surface area contributed by atoms with Crippen LogP contribution in [0.2, 0.25) is 0 Å². The number of carbonyl (C=O) groups is 1. The third kappa shape index (κ3) is 3.33. The molecule has 0 fully saturated rings. The molecule has 0 atom stereocenters. The van der Waals surface area contributed by atoms with E-state index in [1.165, 1.54) is 5.56 Å². The number of esters is 1. The first-order valence-corrected chi connectivity index (χ1v) is 9.29. The summed E-state index contributed by atoms with van der Waals surface area (Å²) < 4.78 is 10.8. The highest BCUT2D eigenvalue weighted by Crippen LogP contribution is 2.22. The van der Waals surface area contributed by atoms with E-state index in [4.69, 9.17) is 4.74 Å². The number of halogens is 1. The van der Waals surface area contributed by atoms with Gasteiger partial charge in [-0.25, -0.2) is 13.9 Å². The highest BCUT2D eigenvalue weighted by molar-refractivity contribution is 9.10. The number of imidazole rings is 1. The van der Waals surface area contributed by atoms with Crippen LogP contribution in [0.1, 0.15) is 35.6 Å². The van der Waals surface area contributed by atoms with E-state index in [1.807, 2.05) is 43.3 Å². The Hall–Kier alpha value is -2.14. The Bertz CT molecular complexity index is 931. The van der Waals surface area contributed by atoms with Crippen molar-refractivity contribution in [2.45, 2.75) is 33.9 Å². The molecule has 3 aromatic rings. The summed E-state index contributed by atoms with van der Waals surface area (Å²) in [7, 11) is 0. The largest absolute Gasteiger partial charge is 0.462 e. The second kappa shape index (κ2) is 7.40. The molecular formula is C20H22BrN2O2+. The number of ether oxygens (including phenoxy) is 1. The lowest BCUT2D eigenvalue weighted by Gasteiger charge is -2.04. The minimum Gasteiger partial charge on any atom is -0.462 e. The summed E-state index contributed by atoms with van der Waals surface area (Å²) in [5.41, 5.74) is 3.96. The first-order chi connectivity index (χ1) is 12.1. The van der Waals surface area contributed by atoms with Crippen molar-refractivity contribution in [3.8, 4) is 0 Å². The monoisotopic (exact) mass is 401 g/mol. The lowest BCUT2D eigenvalue weighted by atomic mass is 10.2. The van der Waals surface area contributed by atoms with Crippen LogP contribution in [0, 0.1) is 6.92 Å². The summed E-state index contributed by atoms with van der Waals surface area (Å²) >= 11 is 3.63. The molecule has 0 unspecified atom stereocenters. The normalized spacial score (nSPS) is 11.0. The average molecular weight is 402 g/mol. The number of fused-ring (bicyclic) bond motifs is 1. The number of nitrogens with zero attached hydrogens (tertiary/aromatic N) is 2. The molecule has 1 heterocycles. The van der Waals surface area contributed by atoms with E-state index >= 15 is 0 Å². The van der Waals surface area contributed by atoms with Gasteiger partial charge in [-0.1, -0.05) is 34.1 Å². The maximum atomic E-state index is 12.1. The maximum Gasteiger partial charge on any atom is 0.338 e. The van der Waals surface area contributed by atoms with Crippen LogP contribution >= 0.6 is 15.9 Å². The molecule has 1 aromatic heterocycles. The van der Waals surface area contributed by atoms with E-state index in [9.17, 15) is 4.79 Å². The van der Waals surface area contributed by atoms with Gasteiger partial charge in [0, 0.05) is 23.0 Å². The molecule has 0 aliphatic rings. The summed E-state index contributed by atoms with van der Waals surface area (Å²) in [5, 5.41) is 0. The number of aryl methyl sites for hydroxylation is 1. The van der Waals surface area contributed by atoms with Gasteiger partial charge in [-0.3, -0.25) is 0 Å². The van der Waals surface area contributed by atoms with Crippen molar-refractivity contribution in [1.82, 2.24) is 4.57 Å². The molecule has 0 radical (unpaired) electrons. The second-order valence-corrected chi connectivity index (χ2v) is 6.75. The summed E-state index contributed by atoms with van der Waals surface area (Å²) in [6, 6.07) is 14.0. The predicted molar refractivity (Wildman–Crippen MR) is 102 cm³/mol. The molecular weight excluding hydrogens is 380 g/mol. The van der Waals surface area contributed by atoms with Crippen LogP contribution in [0.3, 0.4) is 0 Å². The first-order valence-electron chi connectivity index (χ1n) is 8.50. The number of hydrogen-bond donors (Lipinski definition) is 0. The molecule has 130 valence electrons. The van der Waals surface area contributed by atoms with E-state index in [-0.39, 0.29) is 5.97 Å². The van der Waals surface area contributed by atoms with Crippen LogP contribution in [0.4, 0.5) is 0 Å². The van der Waals surface area contributed by atoms with Gasteiger partial charge in [-0.15, -0.1) is 0 Å². The number of carbonyl (C=O) groups excluding carboxylic acids is 1. The zero-order valence-electron chi connectivity index (χ0n) is 14.8. The van der Waals surface area contributed by atoms with Crippen LogP contribution in [0.15, 0.2) is 46.9 Å². The third-order valence-corrected chi connectivity index (χ3v) is 5.23. The topological polar surface area (TPSA) is 35.1 Å². The van der Waals surface area contributed by atoms with Gasteiger partial charge in [-0.05, 0) is 32.0 Å². The van der Waals surface area contributed by atoms with E-state index in [2.05, 4.69) is 45.0 Å². The molecule has 0 bridgehead atoms. The molecule has 0 aliphatic carbocycles. The summed E-state index contributed by atoms with van der Waals surface area (Å²) in [6.45, 7) is 8.07. The van der Waals surface area contributed by atoms with E-state index in [1.54, 1.807) is 0 Å². The Morgan fingerprint density at radius 2 is 1.96 bits per heavy atom. The first kappa shape index (κ1) is 17.7. The number of hydrogen-bond acceptors (Lipinski definition) is 2. The Kier molecular flexibility index (Phi) is 5.23. The van der Waals surface area contributed by atoms with Crippen LogP contribution in [0.25, 0.3) is 11.0 Å². The van der Waals surface area contributed by atoms with Crippen LogP contribution in [-0.2, 0) is 17.8 Å². The minimum absolute atomic E-state index is 0.279. The van der Waals surface area contributed by atoms with Gasteiger partial charge in [0.1, 0.15) is 6.54 Å². The van der Waals surface area contributed by atoms with Crippen LogP contribution < -0.4 is 4.57 Å². The van der Waals surface area contributed by atoms with Gasteiger partial charge >= 0.3 is 5.97 Å². The molecule has 25 heavy (non-hydrogen) atoms. The van der Waals surface area contributed by atoms with Crippen molar-refractivity contribution in [2.24, 2.45) is 0 Å². The maximum absolute atomic E-state index is 12.1. The fourth-order valence-corrected chi connectivity index (χ4v) is 3.61.